The lowest BCUT2D eigenvalue weighted by molar-refractivity contribution is -0.149. The van der Waals surface area contributed by atoms with Gasteiger partial charge in [-0.1, -0.05) is 30.3 Å². The number of nitrogens with one attached hydrogen (secondary N) is 1. The first-order valence-electron chi connectivity index (χ1n) is 9.87. The predicted molar refractivity (Wildman–Crippen MR) is 114 cm³/mol. The van der Waals surface area contributed by atoms with Crippen LogP contribution < -0.4 is 5.32 Å². The number of amides is 1. The highest BCUT2D eigenvalue weighted by molar-refractivity contribution is 5.82. The van der Waals surface area contributed by atoms with Crippen LogP contribution in [0.3, 0.4) is 0 Å². The lowest BCUT2D eigenvalue weighted by Gasteiger charge is -2.28. The van der Waals surface area contributed by atoms with Crippen LogP contribution in [0.1, 0.15) is 54.0 Å². The largest absolute Gasteiger partial charge is 0.457 e. The summed E-state index contributed by atoms with van der Waals surface area (Å²) >= 11 is 0. The van der Waals surface area contributed by atoms with Gasteiger partial charge in [-0.2, -0.15) is 0 Å². The van der Waals surface area contributed by atoms with Gasteiger partial charge in [0.25, 0.3) is 0 Å². The average Bonchev–Trinajstić information content (AvgIpc) is 2.55. The molecule has 0 saturated carbocycles. The van der Waals surface area contributed by atoms with Crippen molar-refractivity contribution in [3.8, 4) is 0 Å². The number of rotatable bonds is 7. The van der Waals surface area contributed by atoms with Crippen molar-refractivity contribution in [2.45, 2.75) is 78.2 Å². The Morgan fingerprint density at radius 2 is 1.53 bits per heavy atom. The zero-order valence-electron chi connectivity index (χ0n) is 18.9. The molecule has 0 spiro atoms. The molecule has 0 heterocycles. The van der Waals surface area contributed by atoms with Crippen LogP contribution in [-0.4, -0.2) is 41.4 Å². The van der Waals surface area contributed by atoms with E-state index in [1.807, 2.05) is 30.3 Å². The number of alkyl carbamates (subject to hydrolysis) is 1. The number of carbonyl (C=O) groups is 3. The van der Waals surface area contributed by atoms with Crippen molar-refractivity contribution >= 4 is 18.0 Å². The fraction of sp³-hybridized carbons (Fsp3) is 0.522. The summed E-state index contributed by atoms with van der Waals surface area (Å²) in [5.74, 6) is -1.12. The molecule has 0 aliphatic carbocycles. The van der Waals surface area contributed by atoms with Crippen LogP contribution in [0.2, 0.25) is 0 Å². The molecule has 1 N–H and O–H groups in total. The Morgan fingerprint density at radius 1 is 0.967 bits per heavy atom. The first kappa shape index (κ1) is 25.2. The van der Waals surface area contributed by atoms with Gasteiger partial charge in [-0.15, -0.1) is 0 Å². The summed E-state index contributed by atoms with van der Waals surface area (Å²) in [6.07, 6.45) is 1.43. The fourth-order valence-corrected chi connectivity index (χ4v) is 2.53. The van der Waals surface area contributed by atoms with E-state index in [0.29, 0.717) is 6.42 Å². The maximum Gasteiger partial charge on any atom is 0.408 e. The third-order valence-corrected chi connectivity index (χ3v) is 3.53. The average molecular weight is 420 g/mol. The van der Waals surface area contributed by atoms with E-state index in [4.69, 9.17) is 14.2 Å². The van der Waals surface area contributed by atoms with Crippen LogP contribution in [0.5, 0.6) is 0 Å². The quantitative estimate of drug-likeness (QED) is 0.409. The SMILES string of the molecule is CC(=O)O[C@@H](/C=C/C(=O)OC(C)(C)C)[C@H](Cc1ccccc1)NC(=O)OC(C)(C)C. The topological polar surface area (TPSA) is 90.9 Å². The number of hydrogen-bond donors (Lipinski definition) is 1. The van der Waals surface area contributed by atoms with Gasteiger partial charge in [0.15, 0.2) is 0 Å². The number of carbonyl (C=O) groups excluding carboxylic acids is 3. The van der Waals surface area contributed by atoms with Crippen LogP contribution in [0, 0.1) is 0 Å². The van der Waals surface area contributed by atoms with Crippen LogP contribution in [0.25, 0.3) is 0 Å². The van der Waals surface area contributed by atoms with Crippen LogP contribution in [0.15, 0.2) is 42.5 Å². The van der Waals surface area contributed by atoms with E-state index >= 15 is 0 Å². The van der Waals surface area contributed by atoms with Crippen LogP contribution in [-0.2, 0) is 30.2 Å². The Hall–Kier alpha value is -2.83. The number of esters is 2. The first-order valence-corrected chi connectivity index (χ1v) is 9.87. The molecule has 0 unspecified atom stereocenters. The van der Waals surface area contributed by atoms with Crippen LogP contribution >= 0.6 is 0 Å². The molecule has 30 heavy (non-hydrogen) atoms. The molecule has 1 rings (SSSR count). The molecule has 0 aromatic heterocycles. The van der Waals surface area contributed by atoms with E-state index in [1.54, 1.807) is 41.5 Å². The first-order chi connectivity index (χ1) is 13.7. The van der Waals surface area contributed by atoms with Gasteiger partial charge in [-0.3, -0.25) is 4.79 Å². The van der Waals surface area contributed by atoms with Crippen molar-refractivity contribution in [3.63, 3.8) is 0 Å². The van der Waals surface area contributed by atoms with Crippen molar-refractivity contribution in [2.75, 3.05) is 0 Å². The molecule has 166 valence electrons. The second kappa shape index (κ2) is 10.8. The summed E-state index contributed by atoms with van der Waals surface area (Å²) in [5.41, 5.74) is -0.428. The highest BCUT2D eigenvalue weighted by Gasteiger charge is 2.27. The van der Waals surface area contributed by atoms with E-state index < -0.39 is 41.4 Å². The van der Waals surface area contributed by atoms with Gasteiger partial charge in [0.2, 0.25) is 0 Å². The van der Waals surface area contributed by atoms with Crippen LogP contribution in [0.4, 0.5) is 4.79 Å². The summed E-state index contributed by atoms with van der Waals surface area (Å²) in [6.45, 7) is 11.8. The minimum atomic E-state index is -0.900. The molecule has 1 amide bonds. The molecule has 0 bridgehead atoms. The van der Waals surface area contributed by atoms with Gasteiger partial charge in [-0.05, 0) is 59.6 Å². The highest BCUT2D eigenvalue weighted by Crippen LogP contribution is 2.14. The van der Waals surface area contributed by atoms with Gasteiger partial charge < -0.3 is 19.5 Å². The molecular formula is C23H33NO6. The molecule has 0 fully saturated rings. The van der Waals surface area contributed by atoms with E-state index in [9.17, 15) is 14.4 Å². The third-order valence-electron chi connectivity index (χ3n) is 3.53. The molecule has 0 saturated heterocycles. The Kier molecular flexibility index (Phi) is 9.08. The molecule has 1 aromatic carbocycles. The predicted octanol–water partition coefficient (Wildman–Crippen LogP) is 3.95. The molecule has 7 nitrogen and oxygen atoms in total. The van der Waals surface area contributed by atoms with Gasteiger partial charge in [-0.25, -0.2) is 9.59 Å². The van der Waals surface area contributed by atoms with Gasteiger partial charge in [0.05, 0.1) is 6.04 Å². The monoisotopic (exact) mass is 419 g/mol. The summed E-state index contributed by atoms with van der Waals surface area (Å²) in [6, 6.07) is 8.75. The minimum Gasteiger partial charge on any atom is -0.457 e. The zero-order chi connectivity index (χ0) is 22.9. The van der Waals surface area contributed by atoms with Gasteiger partial charge >= 0.3 is 18.0 Å². The summed E-state index contributed by atoms with van der Waals surface area (Å²) in [5, 5.41) is 2.76. The number of ether oxygens (including phenoxy) is 3. The van der Waals surface area contributed by atoms with Gasteiger partial charge in [0.1, 0.15) is 17.3 Å². The normalized spacial score (nSPS) is 14.0. The van der Waals surface area contributed by atoms with Crippen molar-refractivity contribution in [2.24, 2.45) is 0 Å². The lowest BCUT2D eigenvalue weighted by Crippen LogP contribution is -2.47. The van der Waals surface area contributed by atoms with E-state index in [1.165, 1.54) is 19.1 Å². The van der Waals surface area contributed by atoms with Crippen molar-refractivity contribution < 1.29 is 28.6 Å². The number of hydrogen-bond acceptors (Lipinski definition) is 6. The standard InChI is InChI=1S/C23H33NO6/c1-16(25)28-19(13-14-20(26)29-22(2,3)4)18(15-17-11-9-8-10-12-17)24-21(27)30-23(5,6)7/h8-14,18-19H,15H2,1-7H3,(H,24,27)/b14-13+/t18-,19-/m0/s1. The fourth-order valence-electron chi connectivity index (χ4n) is 2.53. The highest BCUT2D eigenvalue weighted by atomic mass is 16.6. The Bertz CT molecular complexity index is 743. The molecule has 7 heteroatoms. The lowest BCUT2D eigenvalue weighted by atomic mass is 10.0. The molecule has 0 aliphatic heterocycles. The van der Waals surface area contributed by atoms with E-state index in [0.717, 1.165) is 5.56 Å². The smallest absolute Gasteiger partial charge is 0.408 e. The second-order valence-corrected chi connectivity index (χ2v) is 8.91. The Labute approximate surface area is 178 Å². The van der Waals surface area contributed by atoms with Crippen molar-refractivity contribution in [1.29, 1.82) is 0 Å². The molecule has 2 atom stereocenters. The molecule has 1 aromatic rings. The zero-order valence-corrected chi connectivity index (χ0v) is 18.9. The van der Waals surface area contributed by atoms with Crippen molar-refractivity contribution in [1.82, 2.24) is 5.32 Å². The maximum absolute atomic E-state index is 12.4. The maximum atomic E-state index is 12.4. The van der Waals surface area contributed by atoms with E-state index in [-0.39, 0.29) is 0 Å². The Morgan fingerprint density at radius 3 is 2.03 bits per heavy atom. The summed E-state index contributed by atoms with van der Waals surface area (Å²) in [7, 11) is 0. The second-order valence-electron chi connectivity index (χ2n) is 8.91. The molecule has 0 radical (unpaired) electrons. The summed E-state index contributed by atoms with van der Waals surface area (Å²) in [4.78, 5) is 36.1. The Balaban J connectivity index is 3.11. The minimum absolute atomic E-state index is 0.358. The summed E-state index contributed by atoms with van der Waals surface area (Å²) < 4.78 is 16.0. The third kappa shape index (κ3) is 11.2. The van der Waals surface area contributed by atoms with Gasteiger partial charge in [0, 0.05) is 13.0 Å². The van der Waals surface area contributed by atoms with E-state index in [2.05, 4.69) is 5.32 Å². The number of benzene rings is 1. The molecule has 0 aliphatic rings. The van der Waals surface area contributed by atoms with Crippen molar-refractivity contribution in [3.05, 3.63) is 48.0 Å². The molecular weight excluding hydrogens is 386 g/mol.